The van der Waals surface area contributed by atoms with Crippen molar-refractivity contribution in [2.24, 2.45) is 0 Å². The Morgan fingerprint density at radius 2 is 1.75 bits per heavy atom. The molecule has 36 heavy (non-hydrogen) atoms. The first-order valence-corrected chi connectivity index (χ1v) is 12.0. The molecule has 3 aromatic carbocycles. The van der Waals surface area contributed by atoms with E-state index in [1.807, 2.05) is 53.2 Å². The maximum absolute atomic E-state index is 8.36. The SMILES string of the molecule is Clc1ccc(C(CCCOc2ccc(-c3ccccc3)cc2Cl)Cn2cncn2)c(Cl)c1.O=[N+]([O-])O. The Hall–Kier alpha value is -3.33. The Balaban J connectivity index is 0.000000840. The van der Waals surface area contributed by atoms with Crippen molar-refractivity contribution in [1.82, 2.24) is 14.8 Å². The van der Waals surface area contributed by atoms with E-state index in [1.165, 1.54) is 6.33 Å². The van der Waals surface area contributed by atoms with Gasteiger partial charge in [-0.25, -0.2) is 4.98 Å². The van der Waals surface area contributed by atoms with Crippen LogP contribution in [0.15, 0.2) is 79.4 Å². The van der Waals surface area contributed by atoms with Crippen LogP contribution in [0.25, 0.3) is 11.1 Å². The van der Waals surface area contributed by atoms with Crippen LogP contribution in [0, 0.1) is 10.1 Å². The normalized spacial score (nSPS) is 11.3. The monoisotopic (exact) mass is 548 g/mol. The lowest BCUT2D eigenvalue weighted by Crippen LogP contribution is -2.12. The van der Waals surface area contributed by atoms with Gasteiger partial charge in [0.1, 0.15) is 18.4 Å². The predicted molar refractivity (Wildman–Crippen MR) is 140 cm³/mol. The van der Waals surface area contributed by atoms with Crippen LogP contribution < -0.4 is 4.74 Å². The summed E-state index contributed by atoms with van der Waals surface area (Å²) in [6.07, 6.45) is 4.93. The number of aromatic nitrogens is 3. The molecule has 0 spiro atoms. The van der Waals surface area contributed by atoms with Crippen molar-refractivity contribution in [3.8, 4) is 16.9 Å². The molecule has 8 nitrogen and oxygen atoms in total. The van der Waals surface area contributed by atoms with Gasteiger partial charge in [0, 0.05) is 22.5 Å². The maximum atomic E-state index is 8.36. The van der Waals surface area contributed by atoms with Crippen molar-refractivity contribution in [1.29, 1.82) is 0 Å². The molecule has 0 aliphatic rings. The molecule has 0 saturated carbocycles. The average molecular weight is 550 g/mol. The molecule has 0 bridgehead atoms. The van der Waals surface area contributed by atoms with E-state index in [4.69, 9.17) is 54.9 Å². The van der Waals surface area contributed by atoms with E-state index in [1.54, 1.807) is 12.4 Å². The van der Waals surface area contributed by atoms with Gasteiger partial charge in [-0.05, 0) is 53.8 Å². The highest BCUT2D eigenvalue weighted by molar-refractivity contribution is 6.35. The fourth-order valence-electron chi connectivity index (χ4n) is 3.67. The minimum absolute atomic E-state index is 0.154. The number of ether oxygens (including phenoxy) is 1. The van der Waals surface area contributed by atoms with Crippen LogP contribution in [-0.4, -0.2) is 31.7 Å². The lowest BCUT2D eigenvalue weighted by Gasteiger charge is -2.19. The summed E-state index contributed by atoms with van der Waals surface area (Å²) >= 11 is 19.0. The first-order valence-electron chi connectivity index (χ1n) is 10.9. The van der Waals surface area contributed by atoms with Gasteiger partial charge in [0.05, 0.1) is 11.6 Å². The van der Waals surface area contributed by atoms with E-state index in [0.29, 0.717) is 34.0 Å². The highest BCUT2D eigenvalue weighted by Crippen LogP contribution is 2.33. The summed E-state index contributed by atoms with van der Waals surface area (Å²) in [4.78, 5) is 12.4. The summed E-state index contributed by atoms with van der Waals surface area (Å²) in [5.41, 5.74) is 3.22. The fourth-order valence-corrected chi connectivity index (χ4v) is 4.47. The molecule has 1 unspecified atom stereocenters. The molecule has 188 valence electrons. The van der Waals surface area contributed by atoms with Crippen molar-refractivity contribution in [3.05, 3.63) is 110 Å². The summed E-state index contributed by atoms with van der Waals surface area (Å²) in [6, 6.07) is 21.6. The second-order valence-electron chi connectivity index (χ2n) is 7.72. The third-order valence-corrected chi connectivity index (χ3v) is 6.13. The first kappa shape index (κ1) is 27.3. The summed E-state index contributed by atoms with van der Waals surface area (Å²) in [6.45, 7) is 1.22. The maximum Gasteiger partial charge on any atom is 0.291 e. The van der Waals surface area contributed by atoms with E-state index in [9.17, 15) is 0 Å². The fraction of sp³-hybridized carbons (Fsp3) is 0.200. The van der Waals surface area contributed by atoms with Crippen molar-refractivity contribution in [2.45, 2.75) is 25.3 Å². The molecule has 0 radical (unpaired) electrons. The number of rotatable bonds is 9. The Morgan fingerprint density at radius 1 is 1.00 bits per heavy atom. The van der Waals surface area contributed by atoms with Gasteiger partial charge in [0.2, 0.25) is 0 Å². The standard InChI is InChI=1S/C25H22Cl3N3O.HNO3/c26-21-9-10-22(23(27)14-21)20(15-31-17-29-16-30-31)7-4-12-32-25-11-8-19(13-24(25)28)18-5-2-1-3-6-18;2-1(3)4/h1-3,5-6,8-11,13-14,16-17,20H,4,7,12,15H2;(H,2,3,4). The van der Waals surface area contributed by atoms with Crippen LogP contribution in [-0.2, 0) is 6.54 Å². The molecule has 11 heteroatoms. The predicted octanol–water partition coefficient (Wildman–Crippen LogP) is 7.20. The van der Waals surface area contributed by atoms with Crippen molar-refractivity contribution < 1.29 is 15.0 Å². The molecule has 1 aromatic heterocycles. The molecule has 1 N–H and O–H groups in total. The molecule has 0 aliphatic heterocycles. The Labute approximate surface area is 223 Å². The smallest absolute Gasteiger partial charge is 0.291 e. The zero-order chi connectivity index (χ0) is 25.9. The zero-order valence-corrected chi connectivity index (χ0v) is 21.3. The van der Waals surface area contributed by atoms with Gasteiger partial charge >= 0.3 is 0 Å². The van der Waals surface area contributed by atoms with Crippen LogP contribution in [0.2, 0.25) is 15.1 Å². The second-order valence-corrected chi connectivity index (χ2v) is 8.97. The van der Waals surface area contributed by atoms with E-state index < -0.39 is 5.09 Å². The largest absolute Gasteiger partial charge is 0.492 e. The number of hydrogen-bond donors (Lipinski definition) is 1. The Morgan fingerprint density at radius 3 is 2.39 bits per heavy atom. The molecule has 0 saturated heterocycles. The average Bonchev–Trinajstić information content (AvgIpc) is 3.35. The Bertz CT molecular complexity index is 1250. The number of halogens is 3. The zero-order valence-electron chi connectivity index (χ0n) is 19.0. The van der Waals surface area contributed by atoms with Crippen molar-refractivity contribution in [3.63, 3.8) is 0 Å². The molecule has 1 heterocycles. The van der Waals surface area contributed by atoms with Gasteiger partial charge in [-0.1, -0.05) is 77.3 Å². The van der Waals surface area contributed by atoms with Crippen LogP contribution in [0.5, 0.6) is 5.75 Å². The summed E-state index contributed by atoms with van der Waals surface area (Å²) in [7, 11) is 0. The van der Waals surface area contributed by atoms with Crippen molar-refractivity contribution in [2.75, 3.05) is 6.61 Å². The third-order valence-electron chi connectivity index (χ3n) is 5.27. The van der Waals surface area contributed by atoms with E-state index in [-0.39, 0.29) is 5.92 Å². The highest BCUT2D eigenvalue weighted by atomic mass is 35.5. The quantitative estimate of drug-likeness (QED) is 0.134. The van der Waals surface area contributed by atoms with Crippen LogP contribution in [0.1, 0.15) is 24.3 Å². The van der Waals surface area contributed by atoms with Crippen LogP contribution in [0.3, 0.4) is 0 Å². The molecule has 4 rings (SSSR count). The van der Waals surface area contributed by atoms with Crippen molar-refractivity contribution >= 4 is 34.8 Å². The lowest BCUT2D eigenvalue weighted by atomic mass is 9.94. The molecule has 0 amide bonds. The minimum atomic E-state index is -1.50. The summed E-state index contributed by atoms with van der Waals surface area (Å²) in [5.74, 6) is 0.838. The Kier molecular flexibility index (Phi) is 10.4. The number of nitrogens with zero attached hydrogens (tertiary/aromatic N) is 4. The summed E-state index contributed by atoms with van der Waals surface area (Å²) < 4.78 is 7.79. The van der Waals surface area contributed by atoms with Crippen LogP contribution >= 0.6 is 34.8 Å². The number of hydrogen-bond acceptors (Lipinski definition) is 5. The first-order chi connectivity index (χ1) is 17.3. The van der Waals surface area contributed by atoms with Gasteiger partial charge in [0.25, 0.3) is 5.09 Å². The second kappa shape index (κ2) is 13.7. The van der Waals surface area contributed by atoms with Gasteiger partial charge in [-0.3, -0.25) is 4.68 Å². The van der Waals surface area contributed by atoms with Gasteiger partial charge in [-0.15, -0.1) is 10.1 Å². The molecule has 1 atom stereocenters. The third kappa shape index (κ3) is 8.41. The van der Waals surface area contributed by atoms with Gasteiger partial charge in [0.15, 0.2) is 0 Å². The lowest BCUT2D eigenvalue weighted by molar-refractivity contribution is -0.742. The highest BCUT2D eigenvalue weighted by Gasteiger charge is 2.17. The van der Waals surface area contributed by atoms with E-state index >= 15 is 0 Å². The van der Waals surface area contributed by atoms with Gasteiger partial charge < -0.3 is 9.94 Å². The topological polar surface area (TPSA) is 103 Å². The van der Waals surface area contributed by atoms with E-state index in [2.05, 4.69) is 22.2 Å². The van der Waals surface area contributed by atoms with E-state index in [0.717, 1.165) is 29.5 Å². The van der Waals surface area contributed by atoms with Gasteiger partial charge in [-0.2, -0.15) is 5.10 Å². The molecular weight excluding hydrogens is 527 g/mol. The number of benzene rings is 3. The van der Waals surface area contributed by atoms with Crippen LogP contribution in [0.4, 0.5) is 0 Å². The molecule has 0 fully saturated rings. The molecule has 0 aliphatic carbocycles. The molecule has 4 aromatic rings. The minimum Gasteiger partial charge on any atom is -0.492 e. The summed E-state index contributed by atoms with van der Waals surface area (Å²) in [5, 5.41) is 19.8. The molecular formula is C25H23Cl3N4O4.